The van der Waals surface area contributed by atoms with Crippen LogP contribution in [0.2, 0.25) is 0 Å². The number of halogens is 3. The maximum Gasteiger partial charge on any atom is 0.407 e. The Kier molecular flexibility index (Phi) is 4.75. The first-order valence-corrected chi connectivity index (χ1v) is 9.62. The standard InChI is InChI=1S/C20H23F3N2O3/c21-20(22,23)9-13-1-3-14(4-2-13)15-5-7-25(8-6-15)17(26)16-10-19(11-16)12-28-18(27)24-19/h1-4,15-16H,5-12H2,(H,24,27)/t16-,19+. The third-order valence-corrected chi connectivity index (χ3v) is 6.13. The van der Waals surface area contributed by atoms with Crippen LogP contribution in [-0.4, -0.2) is 48.3 Å². The topological polar surface area (TPSA) is 58.6 Å². The maximum absolute atomic E-state index is 12.7. The van der Waals surface area contributed by atoms with Gasteiger partial charge in [0.05, 0.1) is 12.0 Å². The molecule has 8 heteroatoms. The number of alkyl carbamates (subject to hydrolysis) is 1. The smallest absolute Gasteiger partial charge is 0.407 e. The highest BCUT2D eigenvalue weighted by Gasteiger charge is 2.53. The number of alkyl halides is 3. The lowest BCUT2D eigenvalue weighted by atomic mass is 9.68. The van der Waals surface area contributed by atoms with Gasteiger partial charge in [-0.05, 0) is 42.7 Å². The van der Waals surface area contributed by atoms with Crippen LogP contribution in [0.3, 0.4) is 0 Å². The predicted molar refractivity (Wildman–Crippen MR) is 94.7 cm³/mol. The first-order valence-electron chi connectivity index (χ1n) is 9.62. The Bertz CT molecular complexity index is 749. The summed E-state index contributed by atoms with van der Waals surface area (Å²) < 4.78 is 42.3. The van der Waals surface area contributed by atoms with Gasteiger partial charge >= 0.3 is 12.3 Å². The molecule has 1 aromatic carbocycles. The summed E-state index contributed by atoms with van der Waals surface area (Å²) in [6.45, 7) is 1.64. The predicted octanol–water partition coefficient (Wildman–Crippen LogP) is 3.39. The van der Waals surface area contributed by atoms with E-state index in [-0.39, 0.29) is 28.8 Å². The Hall–Kier alpha value is -2.25. The van der Waals surface area contributed by atoms with Crippen molar-refractivity contribution in [3.8, 4) is 0 Å². The molecule has 1 spiro atoms. The number of carbonyl (C=O) groups is 2. The molecule has 28 heavy (non-hydrogen) atoms. The van der Waals surface area contributed by atoms with Crippen LogP contribution in [0.4, 0.5) is 18.0 Å². The second kappa shape index (κ2) is 6.97. The van der Waals surface area contributed by atoms with Crippen molar-refractivity contribution in [1.82, 2.24) is 10.2 Å². The van der Waals surface area contributed by atoms with Gasteiger partial charge < -0.3 is 15.0 Å². The van der Waals surface area contributed by atoms with E-state index < -0.39 is 18.7 Å². The van der Waals surface area contributed by atoms with Crippen LogP contribution in [0.5, 0.6) is 0 Å². The van der Waals surface area contributed by atoms with Gasteiger partial charge in [-0.3, -0.25) is 4.79 Å². The number of piperidine rings is 1. The van der Waals surface area contributed by atoms with Gasteiger partial charge in [0.2, 0.25) is 5.91 Å². The SMILES string of the molecule is O=C1N[C@]2(CO1)C[C@H](C(=O)N1CCC(c3ccc(CC(F)(F)F)cc3)CC1)C2. The summed E-state index contributed by atoms with van der Waals surface area (Å²) in [5, 5.41) is 2.80. The van der Waals surface area contributed by atoms with Crippen molar-refractivity contribution in [3.63, 3.8) is 0 Å². The molecule has 2 saturated heterocycles. The molecule has 0 radical (unpaired) electrons. The fourth-order valence-electron chi connectivity index (χ4n) is 4.60. The molecule has 0 bridgehead atoms. The Morgan fingerprint density at radius 1 is 1.18 bits per heavy atom. The zero-order valence-electron chi connectivity index (χ0n) is 15.4. The summed E-state index contributed by atoms with van der Waals surface area (Å²) in [6, 6.07) is 6.65. The Balaban J connectivity index is 1.27. The summed E-state index contributed by atoms with van der Waals surface area (Å²) in [5.41, 5.74) is 0.950. The molecule has 3 fully saturated rings. The zero-order valence-corrected chi connectivity index (χ0v) is 15.4. The number of likely N-dealkylation sites (tertiary alicyclic amines) is 1. The van der Waals surface area contributed by atoms with E-state index in [0.29, 0.717) is 32.5 Å². The van der Waals surface area contributed by atoms with Gasteiger partial charge in [-0.1, -0.05) is 24.3 Å². The van der Waals surface area contributed by atoms with Gasteiger partial charge in [0.25, 0.3) is 0 Å². The van der Waals surface area contributed by atoms with E-state index in [4.69, 9.17) is 4.74 Å². The summed E-state index contributed by atoms with van der Waals surface area (Å²) in [5.74, 6) is 0.324. The molecule has 2 aliphatic heterocycles. The molecule has 1 N–H and O–H groups in total. The number of ether oxygens (including phenoxy) is 1. The molecule has 3 aliphatic rings. The van der Waals surface area contributed by atoms with Gasteiger partial charge in [-0.2, -0.15) is 13.2 Å². The van der Waals surface area contributed by atoms with E-state index in [1.807, 2.05) is 4.90 Å². The minimum atomic E-state index is -4.19. The van der Waals surface area contributed by atoms with Gasteiger partial charge in [0, 0.05) is 19.0 Å². The summed E-state index contributed by atoms with van der Waals surface area (Å²) in [4.78, 5) is 25.8. The second-order valence-corrected chi connectivity index (χ2v) is 8.22. The van der Waals surface area contributed by atoms with Gasteiger partial charge in [-0.15, -0.1) is 0 Å². The first-order chi connectivity index (χ1) is 13.2. The van der Waals surface area contributed by atoms with E-state index in [1.54, 1.807) is 24.3 Å². The molecule has 1 saturated carbocycles. The number of nitrogens with one attached hydrogen (secondary N) is 1. The molecule has 152 valence electrons. The molecular weight excluding hydrogens is 373 g/mol. The van der Waals surface area contributed by atoms with Crippen LogP contribution in [0.1, 0.15) is 42.7 Å². The highest BCUT2D eigenvalue weighted by molar-refractivity contribution is 5.81. The van der Waals surface area contributed by atoms with Crippen molar-refractivity contribution < 1.29 is 27.5 Å². The molecule has 1 aromatic rings. The lowest BCUT2D eigenvalue weighted by Gasteiger charge is -2.45. The van der Waals surface area contributed by atoms with Crippen molar-refractivity contribution in [2.45, 2.75) is 49.7 Å². The van der Waals surface area contributed by atoms with E-state index >= 15 is 0 Å². The minimum absolute atomic E-state index is 0.0693. The fourth-order valence-corrected chi connectivity index (χ4v) is 4.60. The molecule has 4 rings (SSSR count). The number of carbonyl (C=O) groups excluding carboxylic acids is 2. The molecule has 1 aliphatic carbocycles. The summed E-state index contributed by atoms with van der Waals surface area (Å²) in [7, 11) is 0. The molecular formula is C20H23F3N2O3. The van der Waals surface area contributed by atoms with E-state index in [1.165, 1.54) is 0 Å². The highest BCUT2D eigenvalue weighted by Crippen LogP contribution is 2.42. The number of hydrogen-bond donors (Lipinski definition) is 1. The van der Waals surface area contributed by atoms with Gasteiger partial charge in [0.1, 0.15) is 6.61 Å². The third kappa shape index (κ3) is 3.95. The lowest BCUT2D eigenvalue weighted by Crippen LogP contribution is -2.58. The van der Waals surface area contributed by atoms with E-state index in [2.05, 4.69) is 5.32 Å². The summed E-state index contributed by atoms with van der Waals surface area (Å²) in [6.07, 6.45) is -2.65. The Morgan fingerprint density at radius 2 is 1.82 bits per heavy atom. The van der Waals surface area contributed by atoms with E-state index in [0.717, 1.165) is 18.4 Å². The minimum Gasteiger partial charge on any atom is -0.447 e. The van der Waals surface area contributed by atoms with Crippen LogP contribution in [-0.2, 0) is 16.0 Å². The second-order valence-electron chi connectivity index (χ2n) is 8.22. The normalized spacial score (nSPS) is 28.0. The molecule has 2 amide bonds. The average molecular weight is 396 g/mol. The average Bonchev–Trinajstić information content (AvgIpc) is 3.02. The number of cyclic esters (lactones) is 1. The number of rotatable bonds is 3. The van der Waals surface area contributed by atoms with E-state index in [9.17, 15) is 22.8 Å². The molecule has 2 heterocycles. The number of amides is 2. The van der Waals surface area contributed by atoms with Crippen molar-refractivity contribution in [1.29, 1.82) is 0 Å². The van der Waals surface area contributed by atoms with Crippen molar-refractivity contribution >= 4 is 12.0 Å². The largest absolute Gasteiger partial charge is 0.447 e. The van der Waals surface area contributed by atoms with Crippen LogP contribution in [0.25, 0.3) is 0 Å². The van der Waals surface area contributed by atoms with Crippen LogP contribution in [0.15, 0.2) is 24.3 Å². The number of hydrogen-bond acceptors (Lipinski definition) is 3. The van der Waals surface area contributed by atoms with Gasteiger partial charge in [0.15, 0.2) is 0 Å². The van der Waals surface area contributed by atoms with Crippen molar-refractivity contribution in [2.75, 3.05) is 19.7 Å². The van der Waals surface area contributed by atoms with Crippen LogP contribution < -0.4 is 5.32 Å². The number of benzene rings is 1. The summed E-state index contributed by atoms with van der Waals surface area (Å²) >= 11 is 0. The Labute approximate surface area is 161 Å². The van der Waals surface area contributed by atoms with Crippen molar-refractivity contribution in [3.05, 3.63) is 35.4 Å². The fraction of sp³-hybridized carbons (Fsp3) is 0.600. The highest BCUT2D eigenvalue weighted by atomic mass is 19.4. The molecule has 5 nitrogen and oxygen atoms in total. The maximum atomic E-state index is 12.7. The first kappa shape index (κ1) is 19.1. The molecule has 0 unspecified atom stereocenters. The monoisotopic (exact) mass is 396 g/mol. The molecule has 0 atom stereocenters. The van der Waals surface area contributed by atoms with Crippen LogP contribution in [0, 0.1) is 5.92 Å². The number of nitrogens with zero attached hydrogens (tertiary/aromatic N) is 1. The quantitative estimate of drug-likeness (QED) is 0.852. The third-order valence-electron chi connectivity index (χ3n) is 6.13. The Morgan fingerprint density at radius 3 is 2.36 bits per heavy atom. The zero-order chi connectivity index (χ0) is 19.9. The molecule has 0 aromatic heterocycles. The van der Waals surface area contributed by atoms with Gasteiger partial charge in [-0.25, -0.2) is 4.79 Å². The van der Waals surface area contributed by atoms with Crippen molar-refractivity contribution in [2.24, 2.45) is 5.92 Å². The van der Waals surface area contributed by atoms with Crippen LogP contribution >= 0.6 is 0 Å². The lowest BCUT2D eigenvalue weighted by molar-refractivity contribution is -0.142.